The molecule has 0 bridgehead atoms. The molecule has 0 aliphatic carbocycles. The minimum atomic E-state index is -1.23. The summed E-state index contributed by atoms with van der Waals surface area (Å²) in [6.07, 6.45) is 22.1. The molecule has 0 saturated carbocycles. The molecular formula is C26H52N2O4. The van der Waals surface area contributed by atoms with Crippen molar-refractivity contribution >= 4 is 11.9 Å². The van der Waals surface area contributed by atoms with Crippen LogP contribution in [-0.2, 0) is 9.59 Å². The molecule has 0 aliphatic heterocycles. The molecule has 3 N–H and O–H groups in total. The summed E-state index contributed by atoms with van der Waals surface area (Å²) in [4.78, 5) is 23.4. The summed E-state index contributed by atoms with van der Waals surface area (Å²) >= 11 is 0. The Bertz CT molecular complexity index is 465. The molecule has 2 unspecified atom stereocenters. The fraction of sp³-hybridized carbons (Fsp3) is 0.846. The average Bonchev–Trinajstić information content (AvgIpc) is 2.74. The first kappa shape index (κ1) is 32.8. The van der Waals surface area contributed by atoms with E-state index in [-0.39, 0.29) is 12.1 Å². The number of carboxylic acid groups (broad SMARTS) is 1. The number of unbranched alkanes of at least 4 members (excludes halogenated alkanes) is 11. The van der Waals surface area contributed by atoms with E-state index in [4.69, 9.17) is 10.2 Å². The summed E-state index contributed by atoms with van der Waals surface area (Å²) in [6.45, 7) is 5.57. The van der Waals surface area contributed by atoms with Crippen molar-refractivity contribution in [2.45, 2.75) is 129 Å². The minimum absolute atomic E-state index is 0.172. The maximum absolute atomic E-state index is 11.9. The highest BCUT2D eigenvalue weighted by Crippen LogP contribution is 2.10. The molecule has 0 aromatic rings. The van der Waals surface area contributed by atoms with Gasteiger partial charge in [-0.2, -0.15) is 0 Å². The second-order valence-corrected chi connectivity index (χ2v) is 8.80. The van der Waals surface area contributed by atoms with Crippen LogP contribution in [0.25, 0.3) is 0 Å². The monoisotopic (exact) mass is 456 g/mol. The van der Waals surface area contributed by atoms with Crippen LogP contribution in [0.1, 0.15) is 117 Å². The van der Waals surface area contributed by atoms with Crippen LogP contribution in [0.4, 0.5) is 0 Å². The van der Waals surface area contributed by atoms with Crippen molar-refractivity contribution in [3.63, 3.8) is 0 Å². The topological polar surface area (TPSA) is 89.9 Å². The molecule has 0 aliphatic rings. The van der Waals surface area contributed by atoms with Gasteiger partial charge < -0.3 is 15.5 Å². The predicted molar refractivity (Wildman–Crippen MR) is 135 cm³/mol. The van der Waals surface area contributed by atoms with E-state index >= 15 is 0 Å². The number of allylic oxidation sites excluding steroid dienone is 2. The molecule has 6 nitrogen and oxygen atoms in total. The van der Waals surface area contributed by atoms with E-state index in [1.807, 2.05) is 14.1 Å². The lowest BCUT2D eigenvalue weighted by molar-refractivity contribution is -0.145. The Balaban J connectivity index is 0. The molecule has 0 spiro atoms. The van der Waals surface area contributed by atoms with Crippen LogP contribution in [0.5, 0.6) is 0 Å². The van der Waals surface area contributed by atoms with Crippen LogP contribution in [0.3, 0.4) is 0 Å². The number of hydrogen-bond acceptors (Lipinski definition) is 4. The smallest absolute Gasteiger partial charge is 0.332 e. The quantitative estimate of drug-likeness (QED) is 0.128. The van der Waals surface area contributed by atoms with Gasteiger partial charge in [-0.05, 0) is 59.5 Å². The number of amides is 1. The molecule has 0 radical (unpaired) electrons. The Kier molecular flexibility index (Phi) is 24.8. The number of nitrogens with zero attached hydrogens (tertiary/aromatic N) is 1. The molecule has 1 amide bonds. The Labute approximate surface area is 197 Å². The number of aliphatic hydroxyl groups is 1. The van der Waals surface area contributed by atoms with Crippen LogP contribution < -0.4 is 5.32 Å². The number of aliphatic carboxylic acids is 1. The lowest BCUT2D eigenvalue weighted by atomic mass is 10.1. The standard InChI is InChI=1S/C23H46N2O.C3H6O3/c1-5-7-8-9-10-11-12-13-14-15-16-17-18-19-20-21-23(26)24-22(6-2)25(3)4;1-2(4)3(5)6/h13-14,22H,5-12,15-21H2,1-4H3,(H,24,26);2,4H,1H3,(H,5,6). The van der Waals surface area contributed by atoms with Crippen molar-refractivity contribution in [2.75, 3.05) is 14.1 Å². The molecule has 2 atom stereocenters. The summed E-state index contributed by atoms with van der Waals surface area (Å²) in [5.74, 6) is -0.988. The molecule has 0 saturated heterocycles. The van der Waals surface area contributed by atoms with Gasteiger partial charge >= 0.3 is 5.97 Å². The number of carbonyl (C=O) groups excluding carboxylic acids is 1. The first-order valence-corrected chi connectivity index (χ1v) is 12.8. The zero-order valence-electron chi connectivity index (χ0n) is 21.6. The maximum atomic E-state index is 11.9. The number of carbonyl (C=O) groups is 2. The van der Waals surface area contributed by atoms with Crippen LogP contribution in [0.2, 0.25) is 0 Å². The molecule has 0 rings (SSSR count). The second-order valence-electron chi connectivity index (χ2n) is 8.80. The maximum Gasteiger partial charge on any atom is 0.332 e. The highest BCUT2D eigenvalue weighted by atomic mass is 16.4. The molecule has 32 heavy (non-hydrogen) atoms. The minimum Gasteiger partial charge on any atom is -0.479 e. The molecule has 0 aromatic carbocycles. The van der Waals surface area contributed by atoms with E-state index in [0.717, 1.165) is 12.8 Å². The van der Waals surface area contributed by atoms with Gasteiger partial charge in [0.15, 0.2) is 0 Å². The van der Waals surface area contributed by atoms with Crippen molar-refractivity contribution in [3.8, 4) is 0 Å². The van der Waals surface area contributed by atoms with E-state index in [1.165, 1.54) is 84.0 Å². The van der Waals surface area contributed by atoms with Crippen LogP contribution in [-0.4, -0.2) is 53.4 Å². The predicted octanol–water partition coefficient (Wildman–Crippen LogP) is 5.89. The van der Waals surface area contributed by atoms with Gasteiger partial charge in [-0.15, -0.1) is 0 Å². The van der Waals surface area contributed by atoms with Crippen molar-refractivity contribution in [2.24, 2.45) is 0 Å². The summed E-state index contributed by atoms with van der Waals surface area (Å²) < 4.78 is 0. The summed E-state index contributed by atoms with van der Waals surface area (Å²) in [5, 5.41) is 18.9. The van der Waals surface area contributed by atoms with Gasteiger partial charge in [-0.1, -0.05) is 77.4 Å². The SMILES string of the molecule is CC(O)C(=O)O.CCCCCCCCC=CCCCCCCCC(=O)NC(CC)N(C)C. The zero-order valence-corrected chi connectivity index (χ0v) is 21.6. The van der Waals surface area contributed by atoms with Crippen molar-refractivity contribution in [3.05, 3.63) is 12.2 Å². The zero-order chi connectivity index (χ0) is 24.6. The average molecular weight is 457 g/mol. The van der Waals surface area contributed by atoms with Crippen molar-refractivity contribution in [1.29, 1.82) is 0 Å². The van der Waals surface area contributed by atoms with Gasteiger partial charge in [0.05, 0.1) is 6.17 Å². The first-order valence-electron chi connectivity index (χ1n) is 12.8. The summed E-state index contributed by atoms with van der Waals surface area (Å²) in [5.41, 5.74) is 0. The molecule has 6 heteroatoms. The van der Waals surface area contributed by atoms with Gasteiger partial charge in [0.1, 0.15) is 6.10 Å². The van der Waals surface area contributed by atoms with E-state index in [9.17, 15) is 9.59 Å². The fourth-order valence-corrected chi connectivity index (χ4v) is 3.21. The Morgan fingerprint density at radius 3 is 1.69 bits per heavy atom. The highest BCUT2D eigenvalue weighted by Gasteiger charge is 2.11. The van der Waals surface area contributed by atoms with Crippen LogP contribution >= 0.6 is 0 Å². The number of carboxylic acids is 1. The number of hydrogen-bond donors (Lipinski definition) is 3. The van der Waals surface area contributed by atoms with Gasteiger partial charge in [0, 0.05) is 6.42 Å². The normalized spacial score (nSPS) is 13.0. The van der Waals surface area contributed by atoms with Gasteiger partial charge in [-0.25, -0.2) is 4.79 Å². The molecule has 0 aromatic heterocycles. The van der Waals surface area contributed by atoms with Gasteiger partial charge in [0.25, 0.3) is 0 Å². The van der Waals surface area contributed by atoms with Gasteiger partial charge in [0.2, 0.25) is 5.91 Å². The molecule has 0 heterocycles. The van der Waals surface area contributed by atoms with Crippen LogP contribution in [0.15, 0.2) is 12.2 Å². The molecule has 0 fully saturated rings. The highest BCUT2D eigenvalue weighted by molar-refractivity contribution is 5.76. The number of rotatable bonds is 19. The first-order chi connectivity index (χ1) is 15.3. The van der Waals surface area contributed by atoms with Crippen molar-refractivity contribution < 1.29 is 19.8 Å². The molecule has 190 valence electrons. The van der Waals surface area contributed by atoms with E-state index < -0.39 is 12.1 Å². The summed E-state index contributed by atoms with van der Waals surface area (Å²) in [7, 11) is 4.02. The lowest BCUT2D eigenvalue weighted by Gasteiger charge is -2.23. The molecular weight excluding hydrogens is 404 g/mol. The summed E-state index contributed by atoms with van der Waals surface area (Å²) in [6, 6.07) is 0. The fourth-order valence-electron chi connectivity index (χ4n) is 3.21. The largest absolute Gasteiger partial charge is 0.479 e. The van der Waals surface area contributed by atoms with Crippen LogP contribution in [0, 0.1) is 0 Å². The Hall–Kier alpha value is -1.40. The van der Waals surface area contributed by atoms with E-state index in [1.54, 1.807) is 0 Å². The third kappa shape index (κ3) is 24.9. The number of nitrogens with one attached hydrogen (secondary N) is 1. The number of aliphatic hydroxyl groups excluding tert-OH is 1. The third-order valence-electron chi connectivity index (χ3n) is 5.36. The Morgan fingerprint density at radius 2 is 1.28 bits per heavy atom. The second kappa shape index (κ2) is 24.2. The van der Waals surface area contributed by atoms with E-state index in [0.29, 0.717) is 6.42 Å². The van der Waals surface area contributed by atoms with Crippen molar-refractivity contribution in [1.82, 2.24) is 10.2 Å². The third-order valence-corrected chi connectivity index (χ3v) is 5.36. The van der Waals surface area contributed by atoms with E-state index in [2.05, 4.69) is 36.2 Å². The Morgan fingerprint density at radius 1 is 0.844 bits per heavy atom. The lowest BCUT2D eigenvalue weighted by Crippen LogP contribution is -2.44. The van der Waals surface area contributed by atoms with Gasteiger partial charge in [-0.3, -0.25) is 9.69 Å².